The zero-order valence-corrected chi connectivity index (χ0v) is 18.5. The van der Waals surface area contributed by atoms with Crippen LogP contribution in [0.5, 0.6) is 0 Å². The summed E-state index contributed by atoms with van der Waals surface area (Å²) in [6, 6.07) is 18.1. The molecule has 0 radical (unpaired) electrons. The molecule has 1 N–H and O–H groups in total. The predicted octanol–water partition coefficient (Wildman–Crippen LogP) is 4.83. The van der Waals surface area contributed by atoms with Crippen LogP contribution in [0.3, 0.4) is 0 Å². The Labute approximate surface area is 184 Å². The monoisotopic (exact) mass is 499 g/mol. The molecule has 0 saturated heterocycles. The quantitative estimate of drug-likeness (QED) is 0.486. The third-order valence-electron chi connectivity index (χ3n) is 5.69. The number of ether oxygens (including phenoxy) is 1. The van der Waals surface area contributed by atoms with Crippen molar-refractivity contribution in [3.63, 3.8) is 0 Å². The largest absolute Gasteiger partial charge is 0.466 e. The van der Waals surface area contributed by atoms with Gasteiger partial charge in [0, 0.05) is 32.9 Å². The van der Waals surface area contributed by atoms with E-state index < -0.39 is 11.9 Å². The van der Waals surface area contributed by atoms with E-state index in [0.717, 1.165) is 26.9 Å². The molecule has 2 aromatic rings. The Balaban J connectivity index is 1.82. The number of dihydropyridines is 1. The average molecular weight is 499 g/mol. The number of hydrogen-bond donors (Lipinski definition) is 1. The molecule has 5 heteroatoms. The SMILES string of the molecule is COC(=O)C1=C(C)NC2=C(C(=O)C[C@H](c3ccccc3)C2)[C@@H]1c1cccc(I)c1. The van der Waals surface area contributed by atoms with E-state index in [1.54, 1.807) is 0 Å². The van der Waals surface area contributed by atoms with Crippen LogP contribution in [0.2, 0.25) is 0 Å². The number of carbonyl (C=O) groups is 2. The fourth-order valence-electron chi connectivity index (χ4n) is 4.40. The fraction of sp³-hybridized carbons (Fsp3) is 0.250. The van der Waals surface area contributed by atoms with E-state index in [1.807, 2.05) is 49.4 Å². The van der Waals surface area contributed by atoms with Gasteiger partial charge in [-0.2, -0.15) is 0 Å². The van der Waals surface area contributed by atoms with Gasteiger partial charge in [-0.1, -0.05) is 42.5 Å². The van der Waals surface area contributed by atoms with Crippen molar-refractivity contribution in [3.05, 3.63) is 91.8 Å². The number of benzene rings is 2. The molecular weight excluding hydrogens is 477 g/mol. The highest BCUT2D eigenvalue weighted by Crippen LogP contribution is 2.45. The van der Waals surface area contributed by atoms with Gasteiger partial charge in [0.25, 0.3) is 0 Å². The van der Waals surface area contributed by atoms with Crippen molar-refractivity contribution >= 4 is 34.3 Å². The molecule has 1 heterocycles. The van der Waals surface area contributed by atoms with Crippen LogP contribution in [0.4, 0.5) is 0 Å². The van der Waals surface area contributed by atoms with Crippen LogP contribution >= 0.6 is 22.6 Å². The number of allylic oxidation sites excluding steroid dienone is 3. The first kappa shape index (κ1) is 19.9. The molecule has 2 aliphatic rings. The Hall–Kier alpha value is -2.41. The second kappa shape index (κ2) is 8.14. The number of Topliss-reactive ketones (excluding diaryl/α,β-unsaturated/α-hetero) is 1. The molecule has 0 amide bonds. The van der Waals surface area contributed by atoms with E-state index in [9.17, 15) is 9.59 Å². The summed E-state index contributed by atoms with van der Waals surface area (Å²) in [6.07, 6.45) is 1.19. The van der Waals surface area contributed by atoms with Crippen LogP contribution in [0.25, 0.3) is 0 Å². The molecule has 0 fully saturated rings. The van der Waals surface area contributed by atoms with Crippen LogP contribution in [0.15, 0.2) is 77.1 Å². The van der Waals surface area contributed by atoms with Gasteiger partial charge < -0.3 is 10.1 Å². The molecular formula is C24H22INO3. The molecule has 148 valence electrons. The van der Waals surface area contributed by atoms with Crippen molar-refractivity contribution in [2.45, 2.75) is 31.6 Å². The summed E-state index contributed by atoms with van der Waals surface area (Å²) >= 11 is 2.26. The Morgan fingerprint density at radius 2 is 1.79 bits per heavy atom. The maximum absolute atomic E-state index is 13.4. The maximum Gasteiger partial charge on any atom is 0.336 e. The van der Waals surface area contributed by atoms with E-state index in [2.05, 4.69) is 40.0 Å². The predicted molar refractivity (Wildman–Crippen MR) is 120 cm³/mol. The summed E-state index contributed by atoms with van der Waals surface area (Å²) in [5, 5.41) is 3.36. The maximum atomic E-state index is 13.4. The van der Waals surface area contributed by atoms with Gasteiger partial charge in [0.2, 0.25) is 0 Å². The first-order chi connectivity index (χ1) is 14.0. The number of nitrogens with one attached hydrogen (secondary N) is 1. The minimum absolute atomic E-state index is 0.0883. The number of hydrogen-bond acceptors (Lipinski definition) is 4. The zero-order valence-electron chi connectivity index (χ0n) is 16.4. The van der Waals surface area contributed by atoms with Gasteiger partial charge in [-0.3, -0.25) is 4.79 Å². The van der Waals surface area contributed by atoms with Crippen LogP contribution < -0.4 is 5.32 Å². The highest BCUT2D eigenvalue weighted by molar-refractivity contribution is 14.1. The minimum atomic E-state index is -0.405. The molecule has 0 spiro atoms. The third kappa shape index (κ3) is 3.75. The average Bonchev–Trinajstić information content (AvgIpc) is 2.72. The van der Waals surface area contributed by atoms with Gasteiger partial charge in [0.15, 0.2) is 5.78 Å². The zero-order chi connectivity index (χ0) is 20.5. The summed E-state index contributed by atoms with van der Waals surface area (Å²) in [5.74, 6) is -0.578. The number of methoxy groups -OCH3 is 1. The van der Waals surface area contributed by atoms with E-state index in [4.69, 9.17) is 4.74 Å². The number of carbonyl (C=O) groups excluding carboxylic acids is 2. The van der Waals surface area contributed by atoms with Crippen molar-refractivity contribution in [2.24, 2.45) is 0 Å². The van der Waals surface area contributed by atoms with Crippen LogP contribution in [0.1, 0.15) is 42.7 Å². The van der Waals surface area contributed by atoms with Crippen molar-refractivity contribution in [1.82, 2.24) is 5.32 Å². The summed E-state index contributed by atoms with van der Waals surface area (Å²) in [5.41, 5.74) is 4.99. The van der Waals surface area contributed by atoms with Crippen LogP contribution in [-0.2, 0) is 14.3 Å². The molecule has 4 rings (SSSR count). The third-order valence-corrected chi connectivity index (χ3v) is 6.36. The van der Waals surface area contributed by atoms with E-state index in [0.29, 0.717) is 17.6 Å². The molecule has 4 nitrogen and oxygen atoms in total. The topological polar surface area (TPSA) is 55.4 Å². The second-order valence-corrected chi connectivity index (χ2v) is 8.72. The Morgan fingerprint density at radius 1 is 1.07 bits per heavy atom. The molecule has 0 bridgehead atoms. The van der Waals surface area contributed by atoms with Crippen LogP contribution in [0, 0.1) is 3.57 Å². The Morgan fingerprint density at radius 3 is 2.48 bits per heavy atom. The molecule has 1 aliphatic heterocycles. The highest BCUT2D eigenvalue weighted by Gasteiger charge is 2.41. The fourth-order valence-corrected chi connectivity index (χ4v) is 4.97. The lowest BCUT2D eigenvalue weighted by atomic mass is 9.72. The molecule has 1 aliphatic carbocycles. The van der Waals surface area contributed by atoms with E-state index in [1.165, 1.54) is 12.7 Å². The standard InChI is InChI=1S/C24H22INO3/c1-14-21(24(28)29-2)22(16-9-6-10-18(25)11-16)23-19(26-14)12-17(13-20(23)27)15-7-4-3-5-8-15/h3-11,17,22,26H,12-13H2,1-2H3/t17-,22-/m1/s1. The number of esters is 1. The first-order valence-corrected chi connectivity index (χ1v) is 10.7. The van der Waals surface area contributed by atoms with Gasteiger partial charge in [-0.25, -0.2) is 4.79 Å². The second-order valence-electron chi connectivity index (χ2n) is 7.47. The first-order valence-electron chi connectivity index (χ1n) is 9.62. The summed E-state index contributed by atoms with van der Waals surface area (Å²) in [7, 11) is 1.38. The highest BCUT2D eigenvalue weighted by atomic mass is 127. The Kier molecular flexibility index (Phi) is 5.58. The van der Waals surface area contributed by atoms with E-state index >= 15 is 0 Å². The number of ketones is 1. The van der Waals surface area contributed by atoms with Crippen molar-refractivity contribution in [1.29, 1.82) is 0 Å². The van der Waals surface area contributed by atoms with Crippen molar-refractivity contribution in [3.8, 4) is 0 Å². The van der Waals surface area contributed by atoms with Gasteiger partial charge in [-0.15, -0.1) is 0 Å². The van der Waals surface area contributed by atoms with Crippen LogP contribution in [-0.4, -0.2) is 18.9 Å². The van der Waals surface area contributed by atoms with Gasteiger partial charge in [0.1, 0.15) is 0 Å². The number of rotatable bonds is 3. The summed E-state index contributed by atoms with van der Waals surface area (Å²) in [6.45, 7) is 1.88. The summed E-state index contributed by atoms with van der Waals surface area (Å²) < 4.78 is 6.14. The number of halogens is 1. The molecule has 0 unspecified atom stereocenters. The molecule has 0 saturated carbocycles. The normalized spacial score (nSPS) is 21.6. The van der Waals surface area contributed by atoms with Gasteiger partial charge >= 0.3 is 5.97 Å². The van der Waals surface area contributed by atoms with E-state index in [-0.39, 0.29) is 11.7 Å². The minimum Gasteiger partial charge on any atom is -0.466 e. The van der Waals surface area contributed by atoms with Gasteiger partial charge in [-0.05, 0) is 65.1 Å². The molecule has 29 heavy (non-hydrogen) atoms. The smallest absolute Gasteiger partial charge is 0.336 e. The molecule has 2 atom stereocenters. The van der Waals surface area contributed by atoms with Crippen molar-refractivity contribution < 1.29 is 14.3 Å². The van der Waals surface area contributed by atoms with Gasteiger partial charge in [0.05, 0.1) is 12.7 Å². The van der Waals surface area contributed by atoms with Crippen molar-refractivity contribution in [2.75, 3.05) is 7.11 Å². The lowest BCUT2D eigenvalue weighted by Crippen LogP contribution is -2.36. The summed E-state index contributed by atoms with van der Waals surface area (Å²) in [4.78, 5) is 26.0. The molecule has 2 aromatic carbocycles. The lowest BCUT2D eigenvalue weighted by Gasteiger charge is -2.36. The molecule has 0 aromatic heterocycles. The lowest BCUT2D eigenvalue weighted by molar-refractivity contribution is -0.136. The Bertz CT molecular complexity index is 1040.